The topological polar surface area (TPSA) is 28.7 Å². The molecule has 0 spiro atoms. The van der Waals surface area contributed by atoms with Crippen LogP contribution in [0.5, 0.6) is 0 Å². The molecule has 1 heterocycles. The molecule has 1 aromatic rings. The van der Waals surface area contributed by atoms with Gasteiger partial charge < -0.3 is 0 Å². The van der Waals surface area contributed by atoms with Gasteiger partial charge in [0, 0.05) is 11.8 Å². The third-order valence-electron chi connectivity index (χ3n) is 1.02. The summed E-state index contributed by atoms with van der Waals surface area (Å²) in [4.78, 5) is -0.593. The summed E-state index contributed by atoms with van der Waals surface area (Å²) in [6.07, 6.45) is 0.701. The van der Waals surface area contributed by atoms with Gasteiger partial charge in [-0.2, -0.15) is 31.4 Å². The van der Waals surface area contributed by atoms with Gasteiger partial charge in [0.1, 0.15) is 5.03 Å². The Bertz CT molecular complexity index is 298. The van der Waals surface area contributed by atoms with E-state index in [0.29, 0.717) is 6.20 Å². The van der Waals surface area contributed by atoms with E-state index < -0.39 is 44.5 Å². The first-order valence-electron chi connectivity index (χ1n) is 3.22. The van der Waals surface area contributed by atoms with Crippen molar-refractivity contribution in [1.29, 1.82) is 0 Å². The highest BCUT2D eigenvalue weighted by atomic mass is 32.2. The number of aromatic amines is 1. The van der Waals surface area contributed by atoms with Crippen molar-refractivity contribution in [2.75, 3.05) is 0 Å². The molecular formula is C5H2F6N2S2. The van der Waals surface area contributed by atoms with Gasteiger partial charge in [0.05, 0.1) is 11.1 Å². The van der Waals surface area contributed by atoms with Gasteiger partial charge in [-0.1, -0.05) is 0 Å². The zero-order chi connectivity index (χ0) is 11.7. The standard InChI is InChI=1S/C5H2F6N2S2/c6-4(7,8)14-2-1-12-13-3(2)15-5(9,10)11/h1H,(H,12,13). The van der Waals surface area contributed by atoms with Gasteiger partial charge >= 0.3 is 11.0 Å². The molecule has 0 unspecified atom stereocenters. The molecule has 86 valence electrons. The number of nitrogens with zero attached hydrogens (tertiary/aromatic N) is 1. The lowest BCUT2D eigenvalue weighted by molar-refractivity contribution is -0.0347. The maximum atomic E-state index is 11.9. The number of alkyl halides is 6. The quantitative estimate of drug-likeness (QED) is 0.655. The summed E-state index contributed by atoms with van der Waals surface area (Å²) in [5, 5.41) is 4.32. The molecule has 10 heteroatoms. The van der Waals surface area contributed by atoms with E-state index in [4.69, 9.17) is 0 Å². The van der Waals surface area contributed by atoms with E-state index in [0.717, 1.165) is 0 Å². The zero-order valence-corrected chi connectivity index (χ0v) is 8.24. The Morgan fingerprint density at radius 3 is 2.00 bits per heavy atom. The van der Waals surface area contributed by atoms with Crippen LogP contribution in [-0.4, -0.2) is 21.2 Å². The van der Waals surface area contributed by atoms with Crippen molar-refractivity contribution in [2.24, 2.45) is 0 Å². The van der Waals surface area contributed by atoms with Crippen LogP contribution in [0.2, 0.25) is 0 Å². The summed E-state index contributed by atoms with van der Waals surface area (Å²) in [6, 6.07) is 0. The van der Waals surface area contributed by atoms with Crippen LogP contribution in [0.3, 0.4) is 0 Å². The molecule has 1 rings (SSSR count). The molecule has 0 aliphatic carbocycles. The fourth-order valence-corrected chi connectivity index (χ4v) is 1.88. The Kier molecular flexibility index (Phi) is 3.48. The van der Waals surface area contributed by atoms with E-state index >= 15 is 0 Å². The summed E-state index contributed by atoms with van der Waals surface area (Å²) >= 11 is -1.30. The molecule has 0 fully saturated rings. The normalized spacial score (nSPS) is 13.2. The van der Waals surface area contributed by atoms with E-state index in [2.05, 4.69) is 5.10 Å². The minimum Gasteiger partial charge on any atom is -0.270 e. The number of H-pyrrole nitrogens is 1. The largest absolute Gasteiger partial charge is 0.447 e. The summed E-state index contributed by atoms with van der Waals surface area (Å²) in [5.41, 5.74) is -9.28. The van der Waals surface area contributed by atoms with Crippen LogP contribution >= 0.6 is 23.5 Å². The highest BCUT2D eigenvalue weighted by Crippen LogP contribution is 2.44. The monoisotopic (exact) mass is 268 g/mol. The fourth-order valence-electron chi connectivity index (χ4n) is 0.649. The van der Waals surface area contributed by atoms with E-state index in [-0.39, 0.29) is 0 Å². The van der Waals surface area contributed by atoms with Crippen molar-refractivity contribution in [3.8, 4) is 0 Å². The van der Waals surface area contributed by atoms with Gasteiger partial charge in [0.15, 0.2) is 0 Å². The van der Waals surface area contributed by atoms with E-state index in [1.807, 2.05) is 5.10 Å². The van der Waals surface area contributed by atoms with Crippen molar-refractivity contribution >= 4 is 23.5 Å². The highest BCUT2D eigenvalue weighted by Gasteiger charge is 2.35. The van der Waals surface area contributed by atoms with Gasteiger partial charge in [-0.25, -0.2) is 0 Å². The van der Waals surface area contributed by atoms with E-state index in [1.54, 1.807) is 0 Å². The van der Waals surface area contributed by atoms with Crippen LogP contribution in [0, 0.1) is 0 Å². The number of hydrogen-bond donors (Lipinski definition) is 1. The Labute approximate surface area is 87.8 Å². The van der Waals surface area contributed by atoms with Crippen LogP contribution in [0.15, 0.2) is 16.1 Å². The van der Waals surface area contributed by atoms with Crippen molar-refractivity contribution in [3.63, 3.8) is 0 Å². The van der Waals surface area contributed by atoms with Gasteiger partial charge in [0.25, 0.3) is 0 Å². The summed E-state index contributed by atoms with van der Waals surface area (Å²) < 4.78 is 71.2. The van der Waals surface area contributed by atoms with Crippen LogP contribution in [-0.2, 0) is 0 Å². The number of hydrogen-bond acceptors (Lipinski definition) is 3. The summed E-state index contributed by atoms with van der Waals surface area (Å²) in [5.74, 6) is 0. The molecule has 1 aromatic heterocycles. The minimum absolute atomic E-state index is 0.593. The van der Waals surface area contributed by atoms with Crippen molar-refractivity contribution in [3.05, 3.63) is 6.20 Å². The fraction of sp³-hybridized carbons (Fsp3) is 0.400. The predicted molar refractivity (Wildman–Crippen MR) is 42.4 cm³/mol. The number of aromatic nitrogens is 2. The third kappa shape index (κ3) is 4.69. The Balaban J connectivity index is 2.79. The molecule has 0 saturated carbocycles. The first-order chi connectivity index (χ1) is 6.67. The number of nitrogens with one attached hydrogen (secondary N) is 1. The van der Waals surface area contributed by atoms with Crippen molar-refractivity contribution in [2.45, 2.75) is 20.9 Å². The highest BCUT2D eigenvalue weighted by molar-refractivity contribution is 8.03. The van der Waals surface area contributed by atoms with Crippen LogP contribution in [0.1, 0.15) is 0 Å². The second-order valence-electron chi connectivity index (χ2n) is 2.16. The lowest BCUT2D eigenvalue weighted by Crippen LogP contribution is -2.02. The van der Waals surface area contributed by atoms with Crippen LogP contribution in [0.25, 0.3) is 0 Å². The minimum atomic E-state index is -4.65. The van der Waals surface area contributed by atoms with Gasteiger partial charge in [0.2, 0.25) is 0 Å². The molecular weight excluding hydrogens is 266 g/mol. The maximum Gasteiger partial charge on any atom is 0.447 e. The molecule has 0 aliphatic heterocycles. The summed E-state index contributed by atoms with van der Waals surface area (Å²) in [7, 11) is 0. The Hall–Kier alpha value is -0.510. The van der Waals surface area contributed by atoms with Gasteiger partial charge in [-0.15, -0.1) is 0 Å². The molecule has 0 aliphatic rings. The molecule has 0 atom stereocenters. The summed E-state index contributed by atoms with van der Waals surface area (Å²) in [6.45, 7) is 0. The van der Waals surface area contributed by atoms with Gasteiger partial charge in [-0.3, -0.25) is 5.10 Å². The first-order valence-corrected chi connectivity index (χ1v) is 4.85. The zero-order valence-electron chi connectivity index (χ0n) is 6.61. The number of rotatable bonds is 2. The molecule has 2 nitrogen and oxygen atoms in total. The second-order valence-corrected chi connectivity index (χ2v) is 4.34. The predicted octanol–water partition coefficient (Wildman–Crippen LogP) is 3.63. The van der Waals surface area contributed by atoms with E-state index in [1.165, 1.54) is 0 Å². The van der Waals surface area contributed by atoms with Crippen LogP contribution in [0.4, 0.5) is 26.3 Å². The number of halogens is 6. The molecule has 0 radical (unpaired) electrons. The molecule has 0 saturated heterocycles. The second kappa shape index (κ2) is 4.16. The lowest BCUT2D eigenvalue weighted by Gasteiger charge is -2.07. The van der Waals surface area contributed by atoms with Crippen molar-refractivity contribution < 1.29 is 26.3 Å². The SMILES string of the molecule is FC(F)(F)Sc1cn[nH]c1SC(F)(F)F. The average Bonchev–Trinajstić information content (AvgIpc) is 2.29. The molecule has 0 bridgehead atoms. The van der Waals surface area contributed by atoms with E-state index in [9.17, 15) is 26.3 Å². The Morgan fingerprint density at radius 1 is 1.00 bits per heavy atom. The maximum absolute atomic E-state index is 11.9. The lowest BCUT2D eigenvalue weighted by atomic mass is 10.7. The molecule has 15 heavy (non-hydrogen) atoms. The van der Waals surface area contributed by atoms with Crippen molar-refractivity contribution in [1.82, 2.24) is 10.2 Å². The third-order valence-corrected chi connectivity index (χ3v) is 2.65. The molecule has 0 amide bonds. The van der Waals surface area contributed by atoms with Crippen LogP contribution < -0.4 is 0 Å². The molecule has 1 N–H and O–H groups in total. The molecule has 0 aromatic carbocycles. The van der Waals surface area contributed by atoms with Gasteiger partial charge in [-0.05, 0) is 11.8 Å². The Morgan fingerprint density at radius 2 is 1.53 bits per heavy atom. The first kappa shape index (κ1) is 12.6. The smallest absolute Gasteiger partial charge is 0.270 e. The number of thioether (sulfide) groups is 2. The average molecular weight is 268 g/mol.